The molecule has 3 nitrogen and oxygen atoms in total. The Labute approximate surface area is 238 Å². The minimum Gasteiger partial charge on any atom is -0.479 e. The number of rotatable bonds is 9. The van der Waals surface area contributed by atoms with E-state index >= 15 is 0 Å². The Morgan fingerprint density at radius 1 is 0.949 bits per heavy atom. The van der Waals surface area contributed by atoms with Gasteiger partial charge in [0.1, 0.15) is 11.9 Å². The molecular formula is C36H54O3. The van der Waals surface area contributed by atoms with E-state index < -0.39 is 6.10 Å². The van der Waals surface area contributed by atoms with Crippen molar-refractivity contribution >= 4 is 5.97 Å². The summed E-state index contributed by atoms with van der Waals surface area (Å²) in [5.41, 5.74) is 2.38. The molecule has 4 aliphatic rings. The normalized spacial score (nSPS) is 37.2. The van der Waals surface area contributed by atoms with Crippen molar-refractivity contribution in [2.75, 3.05) is 0 Å². The Morgan fingerprint density at radius 3 is 2.46 bits per heavy atom. The molecule has 0 unspecified atom stereocenters. The highest BCUT2D eigenvalue weighted by atomic mass is 16.6. The van der Waals surface area contributed by atoms with E-state index in [0.29, 0.717) is 11.2 Å². The average Bonchev–Trinajstić information content (AvgIpc) is 3.26. The Balaban J connectivity index is 1.21. The third-order valence-corrected chi connectivity index (χ3v) is 11.9. The minimum atomic E-state index is -0.593. The van der Waals surface area contributed by atoms with Crippen molar-refractivity contribution in [2.24, 2.45) is 46.3 Å². The van der Waals surface area contributed by atoms with Crippen molar-refractivity contribution in [1.82, 2.24) is 0 Å². The number of carbonyl (C=O) groups is 1. The molecular weight excluding hydrogens is 480 g/mol. The van der Waals surface area contributed by atoms with Crippen molar-refractivity contribution in [1.29, 1.82) is 0 Å². The van der Waals surface area contributed by atoms with Crippen LogP contribution in [-0.4, -0.2) is 18.2 Å². The Hall–Kier alpha value is -1.77. The molecule has 39 heavy (non-hydrogen) atoms. The smallest absolute Gasteiger partial charge is 0.347 e. The molecule has 9 atom stereocenters. The van der Waals surface area contributed by atoms with E-state index in [-0.39, 0.29) is 17.5 Å². The third-order valence-electron chi connectivity index (χ3n) is 11.9. The number of fused-ring (bicyclic) bond motifs is 5. The van der Waals surface area contributed by atoms with Crippen molar-refractivity contribution in [2.45, 2.75) is 124 Å². The number of hydrogen-bond donors (Lipinski definition) is 0. The van der Waals surface area contributed by atoms with Gasteiger partial charge < -0.3 is 9.47 Å². The van der Waals surface area contributed by atoms with Crippen LogP contribution in [0.15, 0.2) is 42.0 Å². The van der Waals surface area contributed by atoms with Crippen LogP contribution in [0.25, 0.3) is 0 Å². The van der Waals surface area contributed by atoms with Gasteiger partial charge in [0.15, 0.2) is 6.10 Å². The molecule has 3 saturated carbocycles. The monoisotopic (exact) mass is 534 g/mol. The van der Waals surface area contributed by atoms with Gasteiger partial charge in [-0.05, 0) is 110 Å². The summed E-state index contributed by atoms with van der Waals surface area (Å²) in [6.45, 7) is 14.3. The number of hydrogen-bond acceptors (Lipinski definition) is 3. The number of allylic oxidation sites excluding steroid dienone is 1. The molecule has 1 aromatic rings. The molecule has 0 N–H and O–H groups in total. The third kappa shape index (κ3) is 5.71. The van der Waals surface area contributed by atoms with Crippen LogP contribution in [0, 0.1) is 46.3 Å². The average molecular weight is 535 g/mol. The van der Waals surface area contributed by atoms with E-state index in [0.717, 1.165) is 54.8 Å². The molecule has 1 aromatic carbocycles. The first kappa shape index (κ1) is 28.7. The lowest BCUT2D eigenvalue weighted by atomic mass is 9.47. The van der Waals surface area contributed by atoms with Crippen LogP contribution in [0.3, 0.4) is 0 Å². The van der Waals surface area contributed by atoms with Crippen molar-refractivity contribution in [3.63, 3.8) is 0 Å². The predicted octanol–water partition coefficient (Wildman–Crippen LogP) is 9.41. The lowest BCUT2D eigenvalue weighted by molar-refractivity contribution is -0.159. The molecule has 0 saturated heterocycles. The fraction of sp³-hybridized carbons (Fsp3) is 0.750. The summed E-state index contributed by atoms with van der Waals surface area (Å²) in [4.78, 5) is 12.9. The maximum Gasteiger partial charge on any atom is 0.347 e. The van der Waals surface area contributed by atoms with Crippen LogP contribution >= 0.6 is 0 Å². The highest BCUT2D eigenvalue weighted by Crippen LogP contribution is 2.67. The van der Waals surface area contributed by atoms with Gasteiger partial charge in [-0.2, -0.15) is 0 Å². The standard InChI is InChI=1S/C36H54O3/c1-24(2)11-10-12-25(3)31-17-18-32-30-16-15-27-23-29(19-21-35(27,5)33(30)20-22-36(31,32)6)39-34(37)26(4)38-28-13-8-7-9-14-28/h7-9,13-15,24-26,29-33H,10-12,16-23H2,1-6H3/t25-,26+,29-,30+,31+,32-,33+,35-,36+/m0/s1. The zero-order valence-electron chi connectivity index (χ0n) is 25.6. The molecule has 0 aromatic heterocycles. The lowest BCUT2D eigenvalue weighted by Crippen LogP contribution is -2.51. The number of esters is 1. The molecule has 4 aliphatic carbocycles. The second-order valence-corrected chi connectivity index (χ2v) is 14.7. The van der Waals surface area contributed by atoms with Gasteiger partial charge in [0, 0.05) is 6.42 Å². The number of para-hydroxylation sites is 1. The summed E-state index contributed by atoms with van der Waals surface area (Å²) in [6.07, 6.45) is 16.1. The highest BCUT2D eigenvalue weighted by molar-refractivity contribution is 5.74. The molecule has 5 rings (SSSR count). The summed E-state index contributed by atoms with van der Waals surface area (Å²) >= 11 is 0. The number of benzene rings is 1. The molecule has 0 spiro atoms. The minimum absolute atomic E-state index is 0.0217. The van der Waals surface area contributed by atoms with Crippen LogP contribution < -0.4 is 4.74 Å². The maximum atomic E-state index is 12.9. The highest BCUT2D eigenvalue weighted by Gasteiger charge is 2.59. The number of carbonyl (C=O) groups excluding carboxylic acids is 1. The van der Waals surface area contributed by atoms with Crippen LogP contribution in [0.2, 0.25) is 0 Å². The molecule has 0 radical (unpaired) electrons. The van der Waals surface area contributed by atoms with Gasteiger partial charge in [0.05, 0.1) is 0 Å². The summed E-state index contributed by atoms with van der Waals surface area (Å²) in [5.74, 6) is 5.58. The molecule has 0 heterocycles. The van der Waals surface area contributed by atoms with Crippen LogP contribution in [0.4, 0.5) is 0 Å². The van der Waals surface area contributed by atoms with E-state index in [1.54, 1.807) is 12.5 Å². The van der Waals surface area contributed by atoms with E-state index in [1.165, 1.54) is 51.4 Å². The number of ether oxygens (including phenoxy) is 2. The van der Waals surface area contributed by atoms with Gasteiger partial charge >= 0.3 is 5.97 Å². The first-order chi connectivity index (χ1) is 18.6. The zero-order valence-corrected chi connectivity index (χ0v) is 25.6. The SMILES string of the molecule is CC(C)CCC[C@H](C)[C@H]1CC[C@H]2[C@H]3CC=C4C[C@@H](OC(=O)[C@@H](C)Oc5ccccc5)CC[C@]4(C)[C@@H]3CC[C@]12C. The summed E-state index contributed by atoms with van der Waals surface area (Å²) in [6, 6.07) is 9.56. The van der Waals surface area contributed by atoms with Gasteiger partial charge in [-0.15, -0.1) is 0 Å². The van der Waals surface area contributed by atoms with Crippen molar-refractivity contribution < 1.29 is 14.3 Å². The quantitative estimate of drug-likeness (QED) is 0.234. The van der Waals surface area contributed by atoms with Crippen molar-refractivity contribution in [3.05, 3.63) is 42.0 Å². The first-order valence-electron chi connectivity index (χ1n) is 16.2. The topological polar surface area (TPSA) is 35.5 Å². The van der Waals surface area contributed by atoms with E-state index in [4.69, 9.17) is 9.47 Å². The van der Waals surface area contributed by atoms with E-state index in [2.05, 4.69) is 40.7 Å². The fourth-order valence-electron chi connectivity index (χ4n) is 9.76. The van der Waals surface area contributed by atoms with Gasteiger partial charge in [-0.25, -0.2) is 4.79 Å². The predicted molar refractivity (Wildman–Crippen MR) is 159 cm³/mol. The zero-order chi connectivity index (χ0) is 27.8. The second-order valence-electron chi connectivity index (χ2n) is 14.7. The maximum absolute atomic E-state index is 12.9. The molecule has 0 aliphatic heterocycles. The molecule has 0 amide bonds. The van der Waals surface area contributed by atoms with Crippen LogP contribution in [0.5, 0.6) is 5.75 Å². The summed E-state index contributed by atoms with van der Waals surface area (Å²) in [5, 5.41) is 0. The molecule has 216 valence electrons. The largest absolute Gasteiger partial charge is 0.479 e. The Morgan fingerprint density at radius 2 is 1.72 bits per heavy atom. The Kier molecular flexibility index (Phi) is 8.56. The summed E-state index contributed by atoms with van der Waals surface area (Å²) in [7, 11) is 0. The Bertz CT molecular complexity index is 1010. The molecule has 3 fully saturated rings. The van der Waals surface area contributed by atoms with Crippen LogP contribution in [-0.2, 0) is 9.53 Å². The van der Waals surface area contributed by atoms with Gasteiger partial charge in [-0.1, -0.05) is 83.7 Å². The van der Waals surface area contributed by atoms with Gasteiger partial charge in [-0.3, -0.25) is 0 Å². The van der Waals surface area contributed by atoms with E-state index in [9.17, 15) is 4.79 Å². The summed E-state index contributed by atoms with van der Waals surface area (Å²) < 4.78 is 11.9. The van der Waals surface area contributed by atoms with Crippen LogP contribution in [0.1, 0.15) is 112 Å². The van der Waals surface area contributed by atoms with Gasteiger partial charge in [0.2, 0.25) is 0 Å². The van der Waals surface area contributed by atoms with Gasteiger partial charge in [0.25, 0.3) is 0 Å². The molecule has 0 bridgehead atoms. The first-order valence-corrected chi connectivity index (χ1v) is 16.2. The second kappa shape index (κ2) is 11.6. The lowest BCUT2D eigenvalue weighted by Gasteiger charge is -2.58. The fourth-order valence-corrected chi connectivity index (χ4v) is 9.76. The molecule has 3 heteroatoms. The van der Waals surface area contributed by atoms with E-state index in [1.807, 2.05) is 30.3 Å². The van der Waals surface area contributed by atoms with Crippen molar-refractivity contribution in [3.8, 4) is 5.75 Å².